The Morgan fingerprint density at radius 3 is 2.85 bits per heavy atom. The summed E-state index contributed by atoms with van der Waals surface area (Å²) in [5.41, 5.74) is 6.01. The fraction of sp³-hybridized carbons (Fsp3) is 0.143. The van der Waals surface area contributed by atoms with Crippen LogP contribution in [0.1, 0.15) is 0 Å². The van der Waals surface area contributed by atoms with Crippen LogP contribution in [0.5, 0.6) is 5.75 Å². The summed E-state index contributed by atoms with van der Waals surface area (Å²) in [6.45, 7) is 0. The van der Waals surface area contributed by atoms with E-state index in [-0.39, 0.29) is 16.3 Å². The number of methoxy groups -OCH3 is 1. The molecule has 0 aromatic heterocycles. The van der Waals surface area contributed by atoms with Crippen molar-refractivity contribution in [2.75, 3.05) is 12.8 Å². The van der Waals surface area contributed by atoms with Crippen molar-refractivity contribution >= 4 is 11.4 Å². The largest absolute Gasteiger partial charge is 0.591 e. The van der Waals surface area contributed by atoms with E-state index in [1.807, 2.05) is 0 Å². The summed E-state index contributed by atoms with van der Waals surface area (Å²) in [6, 6.07) is 4.38. The molecule has 0 heterocycles. The number of nitrogens with zero attached hydrogens (tertiary/aromatic N) is 2. The van der Waals surface area contributed by atoms with Crippen LogP contribution in [0.15, 0.2) is 23.5 Å². The third-order valence-electron chi connectivity index (χ3n) is 1.49. The first-order valence-corrected chi connectivity index (χ1v) is 3.45. The summed E-state index contributed by atoms with van der Waals surface area (Å²) >= 11 is 0. The number of anilines is 1. The van der Waals surface area contributed by atoms with Crippen LogP contribution in [0, 0.1) is 5.21 Å². The summed E-state index contributed by atoms with van der Waals surface area (Å²) in [6.07, 6.45) is 0. The predicted molar refractivity (Wildman–Crippen MR) is 44.9 cm³/mol. The molecule has 0 saturated carbocycles. The van der Waals surface area contributed by atoms with Gasteiger partial charge in [0, 0.05) is 17.8 Å². The Balaban J connectivity index is 3.21. The fourth-order valence-corrected chi connectivity index (χ4v) is 0.900. The highest BCUT2D eigenvalue weighted by molar-refractivity contribution is 5.55. The van der Waals surface area contributed by atoms with Crippen LogP contribution in [0.3, 0.4) is 0 Å². The Kier molecular flexibility index (Phi) is 2.53. The van der Waals surface area contributed by atoms with Gasteiger partial charge in [-0.3, -0.25) is 0 Å². The number of nitrogens with two attached hydrogens (primary N) is 1. The van der Waals surface area contributed by atoms with Crippen LogP contribution in [-0.2, 0) is 0 Å². The molecule has 13 heavy (non-hydrogen) atoms. The molecule has 0 saturated heterocycles. The smallest absolute Gasteiger partial charge is 0.289 e. The lowest BCUT2D eigenvalue weighted by Crippen LogP contribution is -1.96. The van der Waals surface area contributed by atoms with Crippen molar-refractivity contribution in [3.63, 3.8) is 0 Å². The number of hydrogen-bond donors (Lipinski definition) is 2. The van der Waals surface area contributed by atoms with Crippen LogP contribution in [0.2, 0.25) is 0 Å². The van der Waals surface area contributed by atoms with Crippen molar-refractivity contribution in [1.82, 2.24) is 0 Å². The zero-order chi connectivity index (χ0) is 9.84. The van der Waals surface area contributed by atoms with E-state index in [0.717, 1.165) is 0 Å². The molecule has 0 bridgehead atoms. The molecule has 0 radical (unpaired) electrons. The van der Waals surface area contributed by atoms with Crippen LogP contribution in [0.4, 0.5) is 11.4 Å². The minimum Gasteiger partial charge on any atom is -0.591 e. The molecule has 6 heteroatoms. The van der Waals surface area contributed by atoms with Crippen molar-refractivity contribution in [2.45, 2.75) is 0 Å². The maximum atomic E-state index is 10.9. The van der Waals surface area contributed by atoms with E-state index in [1.165, 1.54) is 25.3 Å². The Bertz CT molecular complexity index is 338. The first-order valence-electron chi connectivity index (χ1n) is 3.45. The van der Waals surface area contributed by atoms with Crippen molar-refractivity contribution in [3.8, 4) is 5.75 Å². The second-order valence-electron chi connectivity index (χ2n) is 2.29. The third kappa shape index (κ3) is 1.78. The predicted octanol–water partition coefficient (Wildman–Crippen LogP) is 1.26. The van der Waals surface area contributed by atoms with Gasteiger partial charge in [0.1, 0.15) is 0 Å². The molecule has 0 fully saturated rings. The van der Waals surface area contributed by atoms with Crippen molar-refractivity contribution in [1.29, 1.82) is 0 Å². The van der Waals surface area contributed by atoms with Gasteiger partial charge in [-0.1, -0.05) is 0 Å². The van der Waals surface area contributed by atoms with Gasteiger partial charge >= 0.3 is 0 Å². The molecule has 0 aliphatic rings. The lowest BCUT2D eigenvalue weighted by molar-refractivity contribution is -0.474. The Labute approximate surface area is 74.4 Å². The van der Waals surface area contributed by atoms with Crippen LogP contribution in [-0.4, -0.2) is 17.2 Å². The molecule has 0 spiro atoms. The van der Waals surface area contributed by atoms with Crippen molar-refractivity contribution < 1.29 is 14.8 Å². The lowest BCUT2D eigenvalue weighted by atomic mass is 10.2. The molecule has 0 aliphatic heterocycles. The Hall–Kier alpha value is -1.98. The Morgan fingerprint density at radius 2 is 2.31 bits per heavy atom. The van der Waals surface area contributed by atoms with E-state index in [4.69, 9.17) is 15.7 Å². The number of ether oxygens (including phenoxy) is 1. The highest BCUT2D eigenvalue weighted by Gasteiger charge is 2.12. The maximum absolute atomic E-state index is 10.9. The van der Waals surface area contributed by atoms with Crippen LogP contribution in [0.25, 0.3) is 0 Å². The molecule has 0 aliphatic carbocycles. The topological polar surface area (TPSA) is 93.9 Å². The average Bonchev–Trinajstić information content (AvgIpc) is 2.16. The van der Waals surface area contributed by atoms with Gasteiger partial charge < -0.3 is 20.9 Å². The first-order chi connectivity index (χ1) is 6.19. The van der Waals surface area contributed by atoms with Crippen LogP contribution < -0.4 is 10.5 Å². The molecule has 1 aromatic carbocycles. The van der Waals surface area contributed by atoms with E-state index >= 15 is 0 Å². The molecule has 70 valence electrons. The first kappa shape index (κ1) is 9.11. The van der Waals surface area contributed by atoms with E-state index in [1.54, 1.807) is 0 Å². The summed E-state index contributed by atoms with van der Waals surface area (Å²) in [5.74, 6) is 0.257. The molecule has 1 rings (SSSR count). The van der Waals surface area contributed by atoms with Gasteiger partial charge in [0.2, 0.25) is 5.28 Å². The van der Waals surface area contributed by atoms with Gasteiger partial charge in [0.05, 0.1) is 7.11 Å². The molecule has 0 unspecified atom stereocenters. The van der Waals surface area contributed by atoms with Crippen molar-refractivity contribution in [2.24, 2.45) is 5.28 Å². The lowest BCUT2D eigenvalue weighted by Gasteiger charge is -2.04. The van der Waals surface area contributed by atoms with Gasteiger partial charge in [0.15, 0.2) is 5.75 Å². The zero-order valence-electron chi connectivity index (χ0n) is 6.97. The second-order valence-corrected chi connectivity index (χ2v) is 2.29. The van der Waals surface area contributed by atoms with E-state index < -0.39 is 0 Å². The summed E-state index contributed by atoms with van der Waals surface area (Å²) in [5, 5.41) is 21.6. The molecular weight excluding hydrogens is 174 g/mol. The van der Waals surface area contributed by atoms with E-state index in [0.29, 0.717) is 5.69 Å². The zero-order valence-corrected chi connectivity index (χ0v) is 6.97. The minimum absolute atomic E-state index is 0.0400. The monoisotopic (exact) mass is 183 g/mol. The maximum Gasteiger partial charge on any atom is 0.289 e. The fourth-order valence-electron chi connectivity index (χ4n) is 0.900. The summed E-state index contributed by atoms with van der Waals surface area (Å²) in [4.78, 5) is 0.0400. The third-order valence-corrected chi connectivity index (χ3v) is 1.49. The highest BCUT2D eigenvalue weighted by atomic mass is 16.6. The summed E-state index contributed by atoms with van der Waals surface area (Å²) < 4.78 is 4.86. The molecule has 3 N–H and O–H groups in total. The number of hydrogen-bond acceptors (Lipinski definition) is 4. The van der Waals surface area contributed by atoms with Crippen molar-refractivity contribution in [3.05, 3.63) is 23.4 Å². The molecule has 6 nitrogen and oxygen atoms in total. The number of nitrogen functional groups attached to an aromatic ring is 1. The van der Waals surface area contributed by atoms with Gasteiger partial charge in [-0.2, -0.15) is 0 Å². The van der Waals surface area contributed by atoms with E-state index in [9.17, 15) is 5.21 Å². The Morgan fingerprint density at radius 1 is 1.62 bits per heavy atom. The number of rotatable bonds is 2. The average molecular weight is 183 g/mol. The number of benzene rings is 1. The van der Waals surface area contributed by atoms with E-state index in [2.05, 4.69) is 5.28 Å². The molecule has 1 aromatic rings. The quantitative estimate of drug-likeness (QED) is 0.312. The van der Waals surface area contributed by atoms with Gasteiger partial charge in [-0.15, -0.1) is 0 Å². The SMILES string of the molecule is COc1cc(N)ccc1[N+]([O-])=NO. The highest BCUT2D eigenvalue weighted by Crippen LogP contribution is 2.28. The standard InChI is InChI=1S/C7H9N3O3/c1-13-7-4-5(8)2-3-6(7)10(12)9-11/h2-4,11H,8H2,1H3. The van der Waals surface area contributed by atoms with Gasteiger partial charge in [0.25, 0.3) is 5.69 Å². The van der Waals surface area contributed by atoms with Gasteiger partial charge in [-0.05, 0) is 10.9 Å². The molecular formula is C7H9N3O3. The second kappa shape index (κ2) is 3.61. The molecule has 0 atom stereocenters. The normalized spacial score (nSPS) is 11.3. The van der Waals surface area contributed by atoms with Gasteiger partial charge in [-0.25, -0.2) is 0 Å². The summed E-state index contributed by atoms with van der Waals surface area (Å²) in [7, 11) is 1.39. The molecule has 0 amide bonds. The minimum atomic E-state index is 0.0400. The van der Waals surface area contributed by atoms with Crippen LogP contribution >= 0.6 is 0 Å².